The number of hydrogen-bond donors (Lipinski definition) is 0. The highest BCUT2D eigenvalue weighted by atomic mass is 35.5. The van der Waals surface area contributed by atoms with Crippen LogP contribution in [-0.4, -0.2) is 62.8 Å². The van der Waals surface area contributed by atoms with Gasteiger partial charge in [0.25, 0.3) is 5.91 Å². The van der Waals surface area contributed by atoms with E-state index in [9.17, 15) is 4.79 Å². The molecule has 1 amide bonds. The summed E-state index contributed by atoms with van der Waals surface area (Å²) < 4.78 is 17.5. The summed E-state index contributed by atoms with van der Waals surface area (Å²) >= 11 is 1.50. The third kappa shape index (κ3) is 6.50. The molecule has 33 heavy (non-hydrogen) atoms. The predicted molar refractivity (Wildman–Crippen MR) is 137 cm³/mol. The van der Waals surface area contributed by atoms with Gasteiger partial charge in [-0.1, -0.05) is 37.3 Å². The number of methoxy groups -OCH3 is 2. The van der Waals surface area contributed by atoms with Gasteiger partial charge in [0, 0.05) is 19.2 Å². The summed E-state index contributed by atoms with van der Waals surface area (Å²) in [5.41, 5.74) is 1.88. The number of fused-ring (bicyclic) bond motifs is 1. The van der Waals surface area contributed by atoms with Gasteiger partial charge in [0.2, 0.25) is 0 Å². The highest BCUT2D eigenvalue weighted by Crippen LogP contribution is 2.36. The molecule has 0 saturated heterocycles. The smallest absolute Gasteiger partial charge is 0.266 e. The number of benzene rings is 2. The lowest BCUT2D eigenvalue weighted by Gasteiger charge is -2.24. The summed E-state index contributed by atoms with van der Waals surface area (Å²) in [7, 11) is 3.23. The number of carbonyl (C=O) groups is 1. The number of nitrogens with zero attached hydrogens (tertiary/aromatic N) is 3. The number of anilines is 1. The Kier molecular flexibility index (Phi) is 10.2. The molecule has 0 unspecified atom stereocenters. The number of thiazole rings is 1. The summed E-state index contributed by atoms with van der Waals surface area (Å²) in [6, 6.07) is 11.2. The molecule has 0 aliphatic heterocycles. The Hall–Kier alpha value is -2.55. The average Bonchev–Trinajstić information content (AvgIpc) is 3.27. The first kappa shape index (κ1) is 26.7. The minimum atomic E-state index is -0.143. The van der Waals surface area contributed by atoms with Crippen LogP contribution in [0.2, 0.25) is 0 Å². The quantitative estimate of drug-likeness (QED) is 0.382. The molecule has 0 N–H and O–H groups in total. The van der Waals surface area contributed by atoms with Crippen LogP contribution in [0.1, 0.15) is 19.4 Å². The number of aromatic nitrogens is 1. The van der Waals surface area contributed by atoms with Crippen molar-refractivity contribution in [2.24, 2.45) is 0 Å². The molecule has 1 heterocycles. The van der Waals surface area contributed by atoms with Gasteiger partial charge in [-0.15, -0.1) is 12.4 Å². The Labute approximate surface area is 205 Å². The number of aryl methyl sites for hydroxylation is 1. The number of halogens is 1. The SMILES string of the molecule is CCN(CC)CCN(C(=O)COc1cccc(OC)c1)c1nc2c(OC)ccc(C)c2s1.Cl. The largest absolute Gasteiger partial charge is 0.497 e. The van der Waals surface area contributed by atoms with Crippen molar-refractivity contribution in [2.75, 3.05) is 51.9 Å². The van der Waals surface area contributed by atoms with E-state index in [1.807, 2.05) is 37.3 Å². The molecule has 0 saturated carbocycles. The molecule has 2 aromatic carbocycles. The van der Waals surface area contributed by atoms with Crippen LogP contribution in [0.15, 0.2) is 36.4 Å². The Bertz CT molecular complexity index is 1060. The van der Waals surface area contributed by atoms with E-state index in [0.29, 0.717) is 28.9 Å². The minimum absolute atomic E-state index is 0. The molecular formula is C24H32ClN3O4S. The standard InChI is InChI=1S/C24H31N3O4S.ClH/c1-6-26(7-2)13-14-27(21(28)16-31-19-10-8-9-18(15-19)29-4)24-25-22-20(30-5)12-11-17(3)23(22)32-24;/h8-12,15H,6-7,13-14,16H2,1-5H3;1H. The Morgan fingerprint density at radius 3 is 2.42 bits per heavy atom. The number of amides is 1. The second-order valence-electron chi connectivity index (χ2n) is 7.30. The fourth-order valence-electron chi connectivity index (χ4n) is 3.40. The topological polar surface area (TPSA) is 64.1 Å². The highest BCUT2D eigenvalue weighted by Gasteiger charge is 2.22. The maximum absolute atomic E-state index is 13.3. The molecule has 0 fully saturated rings. The monoisotopic (exact) mass is 493 g/mol. The van der Waals surface area contributed by atoms with Crippen LogP contribution in [0.4, 0.5) is 5.13 Å². The van der Waals surface area contributed by atoms with Gasteiger partial charge in [0.15, 0.2) is 11.7 Å². The van der Waals surface area contributed by atoms with Gasteiger partial charge in [-0.05, 0) is 43.8 Å². The summed E-state index contributed by atoms with van der Waals surface area (Å²) in [6.45, 7) is 9.32. The normalized spacial score (nSPS) is 10.7. The van der Waals surface area contributed by atoms with Crippen molar-refractivity contribution in [3.05, 3.63) is 42.0 Å². The maximum atomic E-state index is 13.3. The van der Waals surface area contributed by atoms with Gasteiger partial charge in [-0.3, -0.25) is 9.69 Å². The lowest BCUT2D eigenvalue weighted by molar-refractivity contribution is -0.120. The number of ether oxygens (including phenoxy) is 3. The fraction of sp³-hybridized carbons (Fsp3) is 0.417. The zero-order valence-electron chi connectivity index (χ0n) is 19.8. The summed E-state index contributed by atoms with van der Waals surface area (Å²) in [5, 5.41) is 0.652. The third-order valence-electron chi connectivity index (χ3n) is 5.38. The van der Waals surface area contributed by atoms with Crippen molar-refractivity contribution < 1.29 is 19.0 Å². The minimum Gasteiger partial charge on any atom is -0.497 e. The van der Waals surface area contributed by atoms with Crippen LogP contribution >= 0.6 is 23.7 Å². The van der Waals surface area contributed by atoms with Gasteiger partial charge in [0.1, 0.15) is 22.8 Å². The zero-order valence-corrected chi connectivity index (χ0v) is 21.4. The molecule has 9 heteroatoms. The fourth-order valence-corrected chi connectivity index (χ4v) is 4.50. The Morgan fingerprint density at radius 1 is 1.03 bits per heavy atom. The lowest BCUT2D eigenvalue weighted by atomic mass is 10.2. The molecule has 0 spiro atoms. The number of rotatable bonds is 11. The van der Waals surface area contributed by atoms with Crippen molar-refractivity contribution in [2.45, 2.75) is 20.8 Å². The van der Waals surface area contributed by atoms with Crippen LogP contribution in [-0.2, 0) is 4.79 Å². The van der Waals surface area contributed by atoms with Crippen LogP contribution in [0, 0.1) is 6.92 Å². The van der Waals surface area contributed by atoms with Crippen molar-refractivity contribution in [3.8, 4) is 17.2 Å². The van der Waals surface area contributed by atoms with E-state index in [-0.39, 0.29) is 24.9 Å². The van der Waals surface area contributed by atoms with Gasteiger partial charge in [-0.2, -0.15) is 0 Å². The summed E-state index contributed by atoms with van der Waals surface area (Å²) in [5.74, 6) is 1.83. The van der Waals surface area contributed by atoms with Crippen LogP contribution < -0.4 is 19.1 Å². The van der Waals surface area contributed by atoms with Crippen LogP contribution in [0.3, 0.4) is 0 Å². The van der Waals surface area contributed by atoms with Gasteiger partial charge in [0.05, 0.1) is 18.9 Å². The molecule has 7 nitrogen and oxygen atoms in total. The molecule has 0 aliphatic rings. The predicted octanol–water partition coefficient (Wildman–Crippen LogP) is 4.80. The van der Waals surface area contributed by atoms with E-state index < -0.39 is 0 Å². The molecular weight excluding hydrogens is 462 g/mol. The second-order valence-corrected chi connectivity index (χ2v) is 8.28. The number of carbonyl (C=O) groups excluding carboxylic acids is 1. The molecule has 0 bridgehead atoms. The third-order valence-corrected chi connectivity index (χ3v) is 6.60. The van der Waals surface area contributed by atoms with E-state index in [0.717, 1.165) is 35.4 Å². The van der Waals surface area contributed by atoms with E-state index in [1.54, 1.807) is 25.2 Å². The average molecular weight is 494 g/mol. The second kappa shape index (κ2) is 12.6. The Morgan fingerprint density at radius 2 is 1.76 bits per heavy atom. The van der Waals surface area contributed by atoms with E-state index in [4.69, 9.17) is 19.2 Å². The van der Waals surface area contributed by atoms with Gasteiger partial charge in [-0.25, -0.2) is 4.98 Å². The first-order valence-electron chi connectivity index (χ1n) is 10.7. The first-order valence-corrected chi connectivity index (χ1v) is 11.6. The van der Waals surface area contributed by atoms with Crippen molar-refractivity contribution in [3.63, 3.8) is 0 Å². The molecule has 180 valence electrons. The maximum Gasteiger partial charge on any atom is 0.266 e. The highest BCUT2D eigenvalue weighted by molar-refractivity contribution is 7.22. The van der Waals surface area contributed by atoms with Gasteiger partial charge < -0.3 is 19.1 Å². The van der Waals surface area contributed by atoms with Crippen molar-refractivity contribution >= 4 is 45.0 Å². The summed E-state index contributed by atoms with van der Waals surface area (Å²) in [4.78, 5) is 22.1. The molecule has 0 radical (unpaired) electrons. The molecule has 1 aromatic heterocycles. The lowest BCUT2D eigenvalue weighted by Crippen LogP contribution is -2.41. The van der Waals surface area contributed by atoms with Gasteiger partial charge >= 0.3 is 0 Å². The number of hydrogen-bond acceptors (Lipinski definition) is 7. The van der Waals surface area contributed by atoms with E-state index in [2.05, 4.69) is 18.7 Å². The molecule has 0 aliphatic carbocycles. The van der Waals surface area contributed by atoms with Crippen LogP contribution in [0.25, 0.3) is 10.2 Å². The zero-order chi connectivity index (χ0) is 23.1. The molecule has 3 rings (SSSR count). The first-order chi connectivity index (χ1) is 15.5. The molecule has 3 aromatic rings. The molecule has 0 atom stereocenters. The van der Waals surface area contributed by atoms with Crippen molar-refractivity contribution in [1.82, 2.24) is 9.88 Å². The Balaban J connectivity index is 0.00000385. The summed E-state index contributed by atoms with van der Waals surface area (Å²) in [6.07, 6.45) is 0. The van der Waals surface area contributed by atoms with Crippen molar-refractivity contribution in [1.29, 1.82) is 0 Å². The van der Waals surface area contributed by atoms with E-state index in [1.165, 1.54) is 11.3 Å². The van der Waals surface area contributed by atoms with Crippen LogP contribution in [0.5, 0.6) is 17.2 Å². The van der Waals surface area contributed by atoms with E-state index >= 15 is 0 Å². The number of likely N-dealkylation sites (N-methyl/N-ethyl adjacent to an activating group) is 1.